The quantitative estimate of drug-likeness (QED) is 0.690. The van der Waals surface area contributed by atoms with Crippen LogP contribution in [0.4, 0.5) is 0 Å². The van der Waals surface area contributed by atoms with E-state index in [1.165, 1.54) is 38.0 Å². The summed E-state index contributed by atoms with van der Waals surface area (Å²) in [6, 6.07) is 2.81. The lowest BCUT2D eigenvalue weighted by Crippen LogP contribution is -2.44. The first-order chi connectivity index (χ1) is 6.87. The van der Waals surface area contributed by atoms with Gasteiger partial charge >= 0.3 is 0 Å². The summed E-state index contributed by atoms with van der Waals surface area (Å²) in [7, 11) is -0.399. The molecule has 4 heteroatoms. The molecule has 1 fully saturated rings. The Balaban J connectivity index is 2.26. The second-order valence-corrected chi connectivity index (χ2v) is 15.2. The molecule has 1 rings (SSSR count). The zero-order valence-electron chi connectivity index (χ0n) is 11.1. The van der Waals surface area contributed by atoms with Crippen LogP contribution in [0.3, 0.4) is 0 Å². The molecule has 0 aromatic heterocycles. The summed E-state index contributed by atoms with van der Waals surface area (Å²) in [5.74, 6) is 0. The molecule has 1 heterocycles. The summed E-state index contributed by atoms with van der Waals surface area (Å²) in [6.07, 6.45) is 2.77. The SMILES string of the molecule is CO[Si](C)(C)CCCN1CCC[Si]1(C)C. The molecule has 0 N–H and O–H groups in total. The minimum atomic E-state index is -1.31. The fourth-order valence-corrected chi connectivity index (χ4v) is 6.46. The highest BCUT2D eigenvalue weighted by Gasteiger charge is 2.34. The fraction of sp³-hybridized carbons (Fsp3) is 1.00. The first-order valence-corrected chi connectivity index (χ1v) is 12.4. The summed E-state index contributed by atoms with van der Waals surface area (Å²) >= 11 is 0. The maximum absolute atomic E-state index is 5.59. The highest BCUT2D eigenvalue weighted by molar-refractivity contribution is 6.75. The third-order valence-electron chi connectivity index (χ3n) is 3.83. The lowest BCUT2D eigenvalue weighted by Gasteiger charge is -2.30. The molecule has 90 valence electrons. The zero-order valence-corrected chi connectivity index (χ0v) is 13.1. The van der Waals surface area contributed by atoms with Gasteiger partial charge in [0.2, 0.25) is 0 Å². The lowest BCUT2D eigenvalue weighted by atomic mass is 10.4. The molecular weight excluding hydrogens is 218 g/mol. The Labute approximate surface area is 97.2 Å². The van der Waals surface area contributed by atoms with Crippen LogP contribution < -0.4 is 0 Å². The molecule has 0 aromatic carbocycles. The van der Waals surface area contributed by atoms with Crippen molar-refractivity contribution in [3.8, 4) is 0 Å². The number of hydrogen-bond donors (Lipinski definition) is 0. The minimum Gasteiger partial charge on any atom is -0.420 e. The van der Waals surface area contributed by atoms with Crippen LogP contribution in [-0.4, -0.2) is 41.3 Å². The van der Waals surface area contributed by atoms with E-state index in [2.05, 4.69) is 30.8 Å². The van der Waals surface area contributed by atoms with Crippen molar-refractivity contribution in [3.63, 3.8) is 0 Å². The molecule has 0 aromatic rings. The monoisotopic (exact) mass is 245 g/mol. The van der Waals surface area contributed by atoms with Gasteiger partial charge in [-0.05, 0) is 51.1 Å². The van der Waals surface area contributed by atoms with E-state index in [1.54, 1.807) is 0 Å². The van der Waals surface area contributed by atoms with Gasteiger partial charge in [-0.15, -0.1) is 0 Å². The Kier molecular flexibility index (Phi) is 4.58. The molecule has 15 heavy (non-hydrogen) atoms. The van der Waals surface area contributed by atoms with Gasteiger partial charge < -0.3 is 8.99 Å². The number of nitrogens with zero attached hydrogens (tertiary/aromatic N) is 1. The van der Waals surface area contributed by atoms with Gasteiger partial charge in [-0.2, -0.15) is 0 Å². The van der Waals surface area contributed by atoms with Crippen LogP contribution in [0.25, 0.3) is 0 Å². The zero-order chi connectivity index (χ0) is 11.5. The third-order valence-corrected chi connectivity index (χ3v) is 10.2. The van der Waals surface area contributed by atoms with Crippen molar-refractivity contribution in [2.75, 3.05) is 20.2 Å². The van der Waals surface area contributed by atoms with E-state index in [-0.39, 0.29) is 0 Å². The Morgan fingerprint density at radius 3 is 2.47 bits per heavy atom. The molecule has 1 saturated heterocycles. The van der Waals surface area contributed by atoms with Crippen molar-refractivity contribution >= 4 is 16.6 Å². The van der Waals surface area contributed by atoms with Crippen LogP contribution in [0.15, 0.2) is 0 Å². The van der Waals surface area contributed by atoms with E-state index in [0.29, 0.717) is 0 Å². The van der Waals surface area contributed by atoms with E-state index < -0.39 is 16.6 Å². The second kappa shape index (κ2) is 5.12. The molecular formula is C11H27NOSi2. The van der Waals surface area contributed by atoms with E-state index >= 15 is 0 Å². The summed E-state index contributed by atoms with van der Waals surface area (Å²) < 4.78 is 8.37. The van der Waals surface area contributed by atoms with Crippen molar-refractivity contribution < 1.29 is 4.43 Å². The van der Waals surface area contributed by atoms with Gasteiger partial charge in [-0.1, -0.05) is 13.1 Å². The lowest BCUT2D eigenvalue weighted by molar-refractivity contribution is 0.394. The van der Waals surface area contributed by atoms with E-state index in [1.807, 2.05) is 7.11 Å². The van der Waals surface area contributed by atoms with Crippen molar-refractivity contribution in [1.82, 2.24) is 4.57 Å². The molecule has 0 aliphatic carbocycles. The molecule has 0 saturated carbocycles. The number of hydrogen-bond acceptors (Lipinski definition) is 2. The highest BCUT2D eigenvalue weighted by Crippen LogP contribution is 2.26. The Morgan fingerprint density at radius 1 is 1.33 bits per heavy atom. The summed E-state index contributed by atoms with van der Waals surface area (Å²) in [6.45, 7) is 12.3. The summed E-state index contributed by atoms with van der Waals surface area (Å²) in [4.78, 5) is 0. The largest absolute Gasteiger partial charge is 0.420 e. The predicted molar refractivity (Wildman–Crippen MR) is 72.4 cm³/mol. The minimum absolute atomic E-state index is 0.968. The van der Waals surface area contributed by atoms with Gasteiger partial charge in [0, 0.05) is 7.11 Å². The molecule has 1 aliphatic heterocycles. The van der Waals surface area contributed by atoms with Gasteiger partial charge in [0.25, 0.3) is 0 Å². The molecule has 0 amide bonds. The van der Waals surface area contributed by atoms with Gasteiger partial charge in [0.15, 0.2) is 8.32 Å². The van der Waals surface area contributed by atoms with Crippen LogP contribution in [0.1, 0.15) is 12.8 Å². The van der Waals surface area contributed by atoms with Crippen LogP contribution >= 0.6 is 0 Å². The predicted octanol–water partition coefficient (Wildman–Crippen LogP) is 3.14. The molecule has 0 radical (unpaired) electrons. The van der Waals surface area contributed by atoms with Crippen LogP contribution in [-0.2, 0) is 4.43 Å². The van der Waals surface area contributed by atoms with E-state index in [0.717, 1.165) is 0 Å². The summed E-state index contributed by atoms with van der Waals surface area (Å²) in [5, 5.41) is 0. The maximum atomic E-state index is 5.59. The van der Waals surface area contributed by atoms with Crippen molar-refractivity contribution in [3.05, 3.63) is 0 Å². The Morgan fingerprint density at radius 2 is 2.00 bits per heavy atom. The van der Waals surface area contributed by atoms with Gasteiger partial charge in [-0.3, -0.25) is 0 Å². The second-order valence-electron chi connectivity index (χ2n) is 5.97. The molecule has 0 bridgehead atoms. The third kappa shape index (κ3) is 4.02. The maximum Gasteiger partial charge on any atom is 0.186 e. The average molecular weight is 246 g/mol. The standard InChI is InChI=1S/C11H27NOSi2/c1-13-15(4,5)11-7-9-12-8-6-10-14(12,2)3/h6-11H2,1-5H3. The smallest absolute Gasteiger partial charge is 0.186 e. The molecule has 2 nitrogen and oxygen atoms in total. The molecule has 0 unspecified atom stereocenters. The van der Waals surface area contributed by atoms with Crippen molar-refractivity contribution in [1.29, 1.82) is 0 Å². The van der Waals surface area contributed by atoms with E-state index in [9.17, 15) is 0 Å². The fourth-order valence-electron chi connectivity index (χ4n) is 2.38. The summed E-state index contributed by atoms with van der Waals surface area (Å²) in [5.41, 5.74) is 0. The topological polar surface area (TPSA) is 12.5 Å². The molecule has 1 aliphatic rings. The van der Waals surface area contributed by atoms with E-state index in [4.69, 9.17) is 4.43 Å². The van der Waals surface area contributed by atoms with Crippen LogP contribution in [0, 0.1) is 0 Å². The van der Waals surface area contributed by atoms with Gasteiger partial charge in [0.1, 0.15) is 8.24 Å². The Bertz CT molecular complexity index is 207. The first kappa shape index (κ1) is 13.4. The molecule has 0 spiro atoms. The van der Waals surface area contributed by atoms with Crippen LogP contribution in [0.2, 0.25) is 38.3 Å². The van der Waals surface area contributed by atoms with Gasteiger partial charge in [0.05, 0.1) is 0 Å². The van der Waals surface area contributed by atoms with Crippen LogP contribution in [0.5, 0.6) is 0 Å². The first-order valence-electron chi connectivity index (χ1n) is 6.18. The average Bonchev–Trinajstić information content (AvgIpc) is 2.46. The highest BCUT2D eigenvalue weighted by atomic mass is 28.4. The normalized spacial score (nSPS) is 22.2. The van der Waals surface area contributed by atoms with Gasteiger partial charge in [-0.25, -0.2) is 0 Å². The molecule has 0 atom stereocenters. The van der Waals surface area contributed by atoms with Crippen molar-refractivity contribution in [2.24, 2.45) is 0 Å². The van der Waals surface area contributed by atoms with Crippen molar-refractivity contribution in [2.45, 2.75) is 51.1 Å². The number of rotatable bonds is 5. The Hall–Kier alpha value is 0.354.